The summed E-state index contributed by atoms with van der Waals surface area (Å²) in [5, 5.41) is 12.4. The normalized spacial score (nSPS) is 14.0. The summed E-state index contributed by atoms with van der Waals surface area (Å²) >= 11 is 3.22. The van der Waals surface area contributed by atoms with E-state index in [0.717, 1.165) is 39.5 Å². The number of carbonyl (C=O) groups is 3. The molecule has 1 saturated heterocycles. The Kier molecular flexibility index (Phi) is 16.3. The van der Waals surface area contributed by atoms with Gasteiger partial charge in [0.05, 0.1) is 48.8 Å². The third kappa shape index (κ3) is 13.6. The van der Waals surface area contributed by atoms with E-state index in [1.807, 2.05) is 52.0 Å². The molecule has 1 N–H and O–H groups in total. The highest BCUT2D eigenvalue weighted by Crippen LogP contribution is 2.37. The first-order valence-corrected chi connectivity index (χ1v) is 24.0. The number of hydrogen-bond acceptors (Lipinski definition) is 14. The molecular weight excluding hydrogens is 1080 g/mol. The smallest absolute Gasteiger partial charge is 0.464 e. The number of alkyl halides is 6. The van der Waals surface area contributed by atoms with Gasteiger partial charge in [-0.25, -0.2) is 43.7 Å². The molecule has 0 saturated carbocycles. The van der Waals surface area contributed by atoms with Gasteiger partial charge in [0.15, 0.2) is 17.3 Å². The zero-order valence-corrected chi connectivity index (χ0v) is 44.5. The molecule has 0 unspecified atom stereocenters. The van der Waals surface area contributed by atoms with Gasteiger partial charge in [0.2, 0.25) is 0 Å². The summed E-state index contributed by atoms with van der Waals surface area (Å²) in [5.41, 5.74) is 0.757. The van der Waals surface area contributed by atoms with Crippen molar-refractivity contribution in [3.63, 3.8) is 0 Å². The predicted octanol–water partition coefficient (Wildman–Crippen LogP) is 11.3. The molecule has 7 heterocycles. The molecule has 0 radical (unpaired) electrons. The first-order chi connectivity index (χ1) is 35.9. The zero-order valence-electron chi connectivity index (χ0n) is 43.0. The second kappa shape index (κ2) is 22.1. The number of esters is 2. The van der Waals surface area contributed by atoms with E-state index in [-0.39, 0.29) is 28.8 Å². The third-order valence-corrected chi connectivity index (χ3v) is 12.1. The van der Waals surface area contributed by atoms with Gasteiger partial charge in [-0.2, -0.15) is 36.5 Å². The molecule has 1 aliphatic heterocycles. The van der Waals surface area contributed by atoms with Crippen molar-refractivity contribution in [3.8, 4) is 22.8 Å². The second-order valence-corrected chi connectivity index (χ2v) is 20.0. The third-order valence-electron chi connectivity index (χ3n) is 11.7. The molecule has 0 aliphatic carbocycles. The Labute approximate surface area is 445 Å². The maximum atomic E-state index is 13.0. The Morgan fingerprint density at radius 3 is 1.65 bits per heavy atom. The molecule has 9 rings (SSSR count). The molecule has 0 bridgehead atoms. The summed E-state index contributed by atoms with van der Waals surface area (Å²) in [4.78, 5) is 50.4. The van der Waals surface area contributed by atoms with Crippen LogP contribution in [-0.2, 0) is 35.9 Å². The number of nitrogens with one attached hydrogen (secondary N) is 1. The van der Waals surface area contributed by atoms with Gasteiger partial charge in [0.1, 0.15) is 28.5 Å². The standard InChI is InChI=1S/C21H15F3N4O2.C19H19BF3N3O2.C12H15BrN2O4/c1-12-8-15(9-16(26-12)20(29)30-2)13-6-7-14-11-25-28(17(14)10-13)19-5-3-4-18(27-19)21(22,23)24;1-17(2)18(3,4)28-20(27-17)13-9-8-12-11-24-26(14(12)10-13)16-7-5-6-15(25-16)19(21,22)23;1-12(2,3)19-11(17)15-9-6-7(13)5-8(14-9)10(16)18-4/h3-11H,1-2H3;5-11H,1-4H3;5-6H,1-4H3,(H,14,15,17). The van der Waals surface area contributed by atoms with Crippen LogP contribution in [0.1, 0.15) is 86.5 Å². The summed E-state index contributed by atoms with van der Waals surface area (Å²) in [6.45, 7) is 14.9. The molecule has 77 heavy (non-hydrogen) atoms. The van der Waals surface area contributed by atoms with Gasteiger partial charge in [-0.3, -0.25) is 5.32 Å². The number of methoxy groups -OCH3 is 2. The topological polar surface area (TPSA) is 197 Å². The van der Waals surface area contributed by atoms with Gasteiger partial charge >= 0.3 is 37.5 Å². The summed E-state index contributed by atoms with van der Waals surface area (Å²) in [6, 6.07) is 24.8. The highest BCUT2D eigenvalue weighted by molar-refractivity contribution is 9.10. The molecule has 1 aliphatic rings. The monoisotopic (exact) mass is 1130 g/mol. The lowest BCUT2D eigenvalue weighted by atomic mass is 9.79. The Morgan fingerprint density at radius 1 is 0.636 bits per heavy atom. The van der Waals surface area contributed by atoms with Crippen molar-refractivity contribution < 1.29 is 64.2 Å². The van der Waals surface area contributed by atoms with Crippen LogP contribution >= 0.6 is 15.9 Å². The highest BCUT2D eigenvalue weighted by atomic mass is 79.9. The number of pyridine rings is 4. The lowest BCUT2D eigenvalue weighted by molar-refractivity contribution is -0.141. The average Bonchev–Trinajstić information content (AvgIpc) is 4.13. The van der Waals surface area contributed by atoms with E-state index in [0.29, 0.717) is 21.2 Å². The number of aromatic nitrogens is 8. The van der Waals surface area contributed by atoms with Crippen LogP contribution in [0.15, 0.2) is 114 Å². The molecule has 1 amide bonds. The average molecular weight is 1130 g/mol. The van der Waals surface area contributed by atoms with E-state index in [1.165, 1.54) is 53.9 Å². The number of benzene rings is 2. The number of ether oxygens (including phenoxy) is 3. The molecule has 17 nitrogen and oxygen atoms in total. The Hall–Kier alpha value is -7.77. The molecule has 0 spiro atoms. The number of nitrogens with zero attached hydrogens (tertiary/aromatic N) is 8. The van der Waals surface area contributed by atoms with Crippen LogP contribution in [0.25, 0.3) is 44.6 Å². The first kappa shape index (κ1) is 57.0. The fraction of sp³-hybridized carbons (Fsp3) is 0.288. The number of carbonyl (C=O) groups excluding carboxylic acids is 3. The van der Waals surface area contributed by atoms with Crippen LogP contribution in [0.5, 0.6) is 0 Å². The van der Waals surface area contributed by atoms with Crippen LogP contribution < -0.4 is 10.8 Å². The number of hydrogen-bond donors (Lipinski definition) is 1. The van der Waals surface area contributed by atoms with Crippen LogP contribution in [-0.4, -0.2) is 95.7 Å². The zero-order chi connectivity index (χ0) is 56.4. The number of aryl methyl sites for hydroxylation is 1. The quantitative estimate of drug-likeness (QED) is 0.0684. The number of amides is 1. The van der Waals surface area contributed by atoms with E-state index in [9.17, 15) is 40.7 Å². The highest BCUT2D eigenvalue weighted by Gasteiger charge is 2.51. The van der Waals surface area contributed by atoms with Crippen LogP contribution in [0.3, 0.4) is 0 Å². The maximum Gasteiger partial charge on any atom is 0.494 e. The van der Waals surface area contributed by atoms with Crippen molar-refractivity contribution in [2.24, 2.45) is 0 Å². The molecule has 6 aromatic heterocycles. The predicted molar refractivity (Wildman–Crippen MR) is 276 cm³/mol. The number of rotatable bonds is 7. The summed E-state index contributed by atoms with van der Waals surface area (Å²) in [5.74, 6) is -0.800. The Morgan fingerprint density at radius 2 is 1.14 bits per heavy atom. The molecular formula is C52H49BBrF6N9O8. The molecule has 25 heteroatoms. The second-order valence-electron chi connectivity index (χ2n) is 19.1. The van der Waals surface area contributed by atoms with E-state index < -0.39 is 65.7 Å². The van der Waals surface area contributed by atoms with Crippen LogP contribution in [0.4, 0.5) is 37.0 Å². The minimum absolute atomic E-state index is 0.0538. The van der Waals surface area contributed by atoms with E-state index >= 15 is 0 Å². The van der Waals surface area contributed by atoms with Gasteiger partial charge in [-0.15, -0.1) is 0 Å². The van der Waals surface area contributed by atoms with E-state index in [4.69, 9.17) is 18.8 Å². The van der Waals surface area contributed by atoms with Crippen molar-refractivity contribution in [1.29, 1.82) is 0 Å². The number of fused-ring (bicyclic) bond motifs is 2. The fourth-order valence-corrected chi connectivity index (χ4v) is 7.78. The van der Waals surface area contributed by atoms with Gasteiger partial charge < -0.3 is 23.5 Å². The van der Waals surface area contributed by atoms with Gasteiger partial charge in [-0.05, 0) is 133 Å². The molecule has 0 atom stereocenters. The van der Waals surface area contributed by atoms with Crippen LogP contribution in [0.2, 0.25) is 0 Å². The number of anilines is 1. The Bertz CT molecular complexity index is 3490. The molecule has 2 aromatic carbocycles. The first-order valence-electron chi connectivity index (χ1n) is 23.2. The molecule has 8 aromatic rings. The van der Waals surface area contributed by atoms with Crippen molar-refractivity contribution >= 4 is 74.2 Å². The SMILES string of the molecule is CC1(C)OB(c2ccc3cnn(-c4cccc(C(F)(F)F)n4)c3c2)OC1(C)C.COC(=O)c1cc(-c2ccc3cnn(-c4cccc(C(F)(F)F)n4)c3c2)cc(C)n1.COC(=O)c1cc(Br)cc(NC(=O)OC(C)(C)C)n1. The van der Waals surface area contributed by atoms with Gasteiger partial charge in [-0.1, -0.05) is 52.3 Å². The number of halogens is 7. The fourth-order valence-electron chi connectivity index (χ4n) is 7.35. The van der Waals surface area contributed by atoms with Crippen molar-refractivity contribution in [3.05, 3.63) is 142 Å². The summed E-state index contributed by atoms with van der Waals surface area (Å²) in [6.07, 6.45) is -6.58. The van der Waals surface area contributed by atoms with E-state index in [1.54, 1.807) is 70.4 Å². The molecule has 1 fully saturated rings. The van der Waals surface area contributed by atoms with Gasteiger partial charge in [0, 0.05) is 20.9 Å². The minimum atomic E-state index is -4.55. The lowest BCUT2D eigenvalue weighted by Gasteiger charge is -2.32. The van der Waals surface area contributed by atoms with Crippen LogP contribution in [0, 0.1) is 6.92 Å². The van der Waals surface area contributed by atoms with Crippen molar-refractivity contribution in [2.45, 2.75) is 84.5 Å². The van der Waals surface area contributed by atoms with Gasteiger partial charge in [0.25, 0.3) is 0 Å². The largest absolute Gasteiger partial charge is 0.494 e. The van der Waals surface area contributed by atoms with Crippen molar-refractivity contribution in [2.75, 3.05) is 19.5 Å². The minimum Gasteiger partial charge on any atom is -0.464 e. The van der Waals surface area contributed by atoms with E-state index in [2.05, 4.69) is 56.1 Å². The summed E-state index contributed by atoms with van der Waals surface area (Å²) in [7, 11) is 1.96. The van der Waals surface area contributed by atoms with Crippen molar-refractivity contribution in [1.82, 2.24) is 39.5 Å². The lowest BCUT2D eigenvalue weighted by Crippen LogP contribution is -2.41. The summed E-state index contributed by atoms with van der Waals surface area (Å²) < 4.78 is 108. The Balaban J connectivity index is 0.000000172. The molecule has 402 valence electrons. The maximum absolute atomic E-state index is 13.0.